The highest BCUT2D eigenvalue weighted by Crippen LogP contribution is 2.27. The van der Waals surface area contributed by atoms with Crippen molar-refractivity contribution in [3.8, 4) is 0 Å². The predicted molar refractivity (Wildman–Crippen MR) is 102 cm³/mol. The summed E-state index contributed by atoms with van der Waals surface area (Å²) in [5.74, 6) is -0.0383. The Morgan fingerprint density at radius 3 is 2.69 bits per heavy atom. The summed E-state index contributed by atoms with van der Waals surface area (Å²) in [6.45, 7) is 2.10. The van der Waals surface area contributed by atoms with Crippen molar-refractivity contribution in [2.45, 2.75) is 13.5 Å². The fourth-order valence-corrected chi connectivity index (χ4v) is 2.67. The monoisotopic (exact) mass is 387 g/mol. The summed E-state index contributed by atoms with van der Waals surface area (Å²) in [5.41, 5.74) is 2.26. The van der Waals surface area contributed by atoms with E-state index >= 15 is 0 Å². The molecule has 0 fully saturated rings. The highest BCUT2D eigenvalue weighted by Gasteiger charge is 2.12. The lowest BCUT2D eigenvalue weighted by Crippen LogP contribution is -2.24. The molecule has 0 unspecified atom stereocenters. The van der Waals surface area contributed by atoms with Crippen LogP contribution in [0, 0.1) is 6.92 Å². The number of aryl methyl sites for hydroxylation is 1. The Bertz CT molecular complexity index is 934. The zero-order valence-electron chi connectivity index (χ0n) is 13.8. The number of hydrogen-bond donors (Lipinski definition) is 2. The van der Waals surface area contributed by atoms with Crippen molar-refractivity contribution in [3.05, 3.63) is 75.8 Å². The van der Waals surface area contributed by atoms with Crippen LogP contribution >= 0.6 is 23.2 Å². The number of hydrogen-bond acceptors (Lipinski definition) is 5. The smallest absolute Gasteiger partial charge is 0.270 e. The summed E-state index contributed by atoms with van der Waals surface area (Å²) in [5, 5.41) is 6.76. The molecule has 3 rings (SSSR count). The lowest BCUT2D eigenvalue weighted by Gasteiger charge is -2.10. The van der Waals surface area contributed by atoms with Gasteiger partial charge in [0.25, 0.3) is 5.91 Å². The van der Waals surface area contributed by atoms with Crippen molar-refractivity contribution in [2.75, 3.05) is 5.32 Å². The molecule has 0 aliphatic rings. The average molecular weight is 388 g/mol. The predicted octanol–water partition coefficient (Wildman–Crippen LogP) is 4.16. The molecule has 8 heteroatoms. The largest absolute Gasteiger partial charge is 0.345 e. The number of carbonyl (C=O) groups is 1. The van der Waals surface area contributed by atoms with E-state index in [9.17, 15) is 4.79 Å². The first-order valence-electron chi connectivity index (χ1n) is 7.77. The minimum atomic E-state index is -0.314. The summed E-state index contributed by atoms with van der Waals surface area (Å²) in [7, 11) is 0. The van der Waals surface area contributed by atoms with Gasteiger partial charge in [-0.25, -0.2) is 9.97 Å². The molecule has 3 aromatic rings. The van der Waals surface area contributed by atoms with Crippen LogP contribution < -0.4 is 10.6 Å². The summed E-state index contributed by atoms with van der Waals surface area (Å²) >= 11 is 12.0. The van der Waals surface area contributed by atoms with Gasteiger partial charge in [-0.15, -0.1) is 0 Å². The Morgan fingerprint density at radius 1 is 1.12 bits per heavy atom. The quantitative estimate of drug-likeness (QED) is 0.686. The SMILES string of the molecule is Cc1cc(C(=O)NCc2ccccn2)nc(Nc2ccc(Cl)cc2Cl)n1. The Labute approximate surface area is 160 Å². The minimum absolute atomic E-state index is 0.251. The van der Waals surface area contributed by atoms with Gasteiger partial charge in [-0.2, -0.15) is 0 Å². The molecule has 0 saturated heterocycles. The number of nitrogens with one attached hydrogen (secondary N) is 2. The van der Waals surface area contributed by atoms with Crippen LogP contribution in [-0.2, 0) is 6.54 Å². The molecular weight excluding hydrogens is 373 g/mol. The fourth-order valence-electron chi connectivity index (χ4n) is 2.22. The van der Waals surface area contributed by atoms with Crippen LogP contribution in [0.1, 0.15) is 21.9 Å². The van der Waals surface area contributed by atoms with Crippen molar-refractivity contribution < 1.29 is 4.79 Å². The van der Waals surface area contributed by atoms with Gasteiger partial charge < -0.3 is 10.6 Å². The molecule has 1 amide bonds. The molecule has 26 heavy (non-hydrogen) atoms. The summed E-state index contributed by atoms with van der Waals surface area (Å²) in [4.78, 5) is 25.1. The van der Waals surface area contributed by atoms with Crippen molar-refractivity contribution in [1.29, 1.82) is 0 Å². The van der Waals surface area contributed by atoms with E-state index in [1.165, 1.54) is 0 Å². The number of anilines is 2. The molecule has 2 aromatic heterocycles. The molecule has 0 aliphatic heterocycles. The van der Waals surface area contributed by atoms with E-state index < -0.39 is 0 Å². The Balaban J connectivity index is 1.75. The number of carbonyl (C=O) groups excluding carboxylic acids is 1. The summed E-state index contributed by atoms with van der Waals surface area (Å²) < 4.78 is 0. The van der Waals surface area contributed by atoms with Crippen LogP contribution in [0.3, 0.4) is 0 Å². The number of rotatable bonds is 5. The van der Waals surface area contributed by atoms with Crippen molar-refractivity contribution in [3.63, 3.8) is 0 Å². The van der Waals surface area contributed by atoms with Gasteiger partial charge in [0.05, 0.1) is 22.9 Å². The van der Waals surface area contributed by atoms with E-state index in [-0.39, 0.29) is 17.5 Å². The van der Waals surface area contributed by atoms with Gasteiger partial charge in [0.15, 0.2) is 0 Å². The Morgan fingerprint density at radius 2 is 1.96 bits per heavy atom. The second kappa shape index (κ2) is 8.12. The summed E-state index contributed by atoms with van der Waals surface area (Å²) in [6, 6.07) is 12.2. The third-order valence-electron chi connectivity index (χ3n) is 3.42. The van der Waals surface area contributed by atoms with E-state index in [1.54, 1.807) is 37.4 Å². The van der Waals surface area contributed by atoms with Gasteiger partial charge >= 0.3 is 0 Å². The molecule has 0 aliphatic carbocycles. The first-order valence-corrected chi connectivity index (χ1v) is 8.53. The first kappa shape index (κ1) is 18.1. The lowest BCUT2D eigenvalue weighted by molar-refractivity contribution is 0.0945. The van der Waals surface area contributed by atoms with E-state index in [2.05, 4.69) is 25.6 Å². The van der Waals surface area contributed by atoms with Gasteiger partial charge in [0.2, 0.25) is 5.95 Å². The van der Waals surface area contributed by atoms with Gasteiger partial charge in [-0.1, -0.05) is 29.3 Å². The summed E-state index contributed by atoms with van der Waals surface area (Å²) in [6.07, 6.45) is 1.67. The van der Waals surface area contributed by atoms with Gasteiger partial charge in [0, 0.05) is 16.9 Å². The van der Waals surface area contributed by atoms with E-state index in [0.717, 1.165) is 5.69 Å². The molecule has 2 N–H and O–H groups in total. The normalized spacial score (nSPS) is 10.4. The number of amides is 1. The molecule has 2 heterocycles. The molecule has 0 spiro atoms. The molecule has 0 bridgehead atoms. The van der Waals surface area contributed by atoms with Gasteiger partial charge in [-0.3, -0.25) is 9.78 Å². The lowest BCUT2D eigenvalue weighted by atomic mass is 10.3. The molecule has 0 radical (unpaired) electrons. The van der Waals surface area contributed by atoms with Crippen LogP contribution in [0.25, 0.3) is 0 Å². The third kappa shape index (κ3) is 4.68. The van der Waals surface area contributed by atoms with Crippen molar-refractivity contribution in [2.24, 2.45) is 0 Å². The molecule has 0 saturated carbocycles. The maximum Gasteiger partial charge on any atom is 0.270 e. The maximum atomic E-state index is 12.4. The van der Waals surface area contributed by atoms with E-state index in [1.807, 2.05) is 18.2 Å². The van der Waals surface area contributed by atoms with Crippen LogP contribution in [0.4, 0.5) is 11.6 Å². The number of pyridine rings is 1. The van der Waals surface area contributed by atoms with Crippen LogP contribution in [0.2, 0.25) is 10.0 Å². The van der Waals surface area contributed by atoms with E-state index in [4.69, 9.17) is 23.2 Å². The van der Waals surface area contributed by atoms with Crippen LogP contribution in [0.15, 0.2) is 48.7 Å². The van der Waals surface area contributed by atoms with Crippen molar-refractivity contribution in [1.82, 2.24) is 20.3 Å². The van der Waals surface area contributed by atoms with E-state index in [0.29, 0.717) is 28.0 Å². The number of benzene rings is 1. The molecule has 0 atom stereocenters. The third-order valence-corrected chi connectivity index (χ3v) is 3.97. The molecule has 132 valence electrons. The number of nitrogens with zero attached hydrogens (tertiary/aromatic N) is 3. The zero-order valence-corrected chi connectivity index (χ0v) is 15.3. The second-order valence-electron chi connectivity index (χ2n) is 5.47. The van der Waals surface area contributed by atoms with Crippen LogP contribution in [-0.4, -0.2) is 20.9 Å². The maximum absolute atomic E-state index is 12.4. The molecule has 6 nitrogen and oxygen atoms in total. The Hall–Kier alpha value is -2.70. The first-order chi connectivity index (χ1) is 12.5. The Kier molecular flexibility index (Phi) is 5.65. The standard InChI is InChI=1S/C18H15Cl2N5O/c1-11-8-16(17(26)22-10-13-4-2-3-7-21-13)25-18(23-11)24-15-6-5-12(19)9-14(15)20/h2-9H,10H2,1H3,(H,22,26)(H,23,24,25). The number of aromatic nitrogens is 3. The molecular formula is C18H15Cl2N5O. The second-order valence-corrected chi connectivity index (χ2v) is 6.31. The van der Waals surface area contributed by atoms with Crippen molar-refractivity contribution >= 4 is 40.7 Å². The minimum Gasteiger partial charge on any atom is -0.345 e. The van der Waals surface area contributed by atoms with Crippen LogP contribution in [0.5, 0.6) is 0 Å². The van der Waals surface area contributed by atoms with Gasteiger partial charge in [-0.05, 0) is 43.3 Å². The fraction of sp³-hybridized carbons (Fsp3) is 0.111. The highest BCUT2D eigenvalue weighted by molar-refractivity contribution is 6.36. The highest BCUT2D eigenvalue weighted by atomic mass is 35.5. The molecule has 1 aromatic carbocycles. The number of halogens is 2. The van der Waals surface area contributed by atoms with Gasteiger partial charge in [0.1, 0.15) is 5.69 Å². The average Bonchev–Trinajstić information content (AvgIpc) is 2.62. The zero-order chi connectivity index (χ0) is 18.5. The topological polar surface area (TPSA) is 79.8 Å².